The predicted octanol–water partition coefficient (Wildman–Crippen LogP) is -0.647. The van der Waals surface area contributed by atoms with Gasteiger partial charge in [-0.3, -0.25) is 4.79 Å². The molecule has 0 aliphatic rings. The van der Waals surface area contributed by atoms with Gasteiger partial charge in [-0.05, 0) is 0 Å². The second-order valence-electron chi connectivity index (χ2n) is 3.78. The van der Waals surface area contributed by atoms with E-state index in [4.69, 9.17) is 0 Å². The highest BCUT2D eigenvalue weighted by Gasteiger charge is 1.99. The molecule has 0 heterocycles. The van der Waals surface area contributed by atoms with Gasteiger partial charge in [-0.2, -0.15) is 0 Å². The minimum Gasteiger partial charge on any atom is -0.469 e. The second-order valence-corrected chi connectivity index (χ2v) is 3.78. The first-order valence-corrected chi connectivity index (χ1v) is 7.43. The van der Waals surface area contributed by atoms with Gasteiger partial charge in [-0.15, -0.1) is 0 Å². The molecule has 0 aromatic carbocycles. The van der Waals surface area contributed by atoms with Crippen LogP contribution in [-0.2, 0) is 23.7 Å². The number of urea groups is 1. The number of hydrogen-bond acceptors (Lipinski definition) is 9. The lowest BCUT2D eigenvalue weighted by Gasteiger charge is -2.03. The Bertz CT molecular complexity index is 403. The fraction of sp³-hybridized carbons (Fsp3) is 0.643. The Morgan fingerprint density at radius 2 is 0.929 bits per heavy atom. The first kappa shape index (κ1) is 32.2. The van der Waals surface area contributed by atoms with Crippen molar-refractivity contribution >= 4 is 30.3 Å². The van der Waals surface area contributed by atoms with Gasteiger partial charge in [0.2, 0.25) is 0 Å². The number of alkyl carbamates (subject to hydrolysis) is 3. The van der Waals surface area contributed by atoms with Crippen LogP contribution < -0.4 is 26.6 Å². The molecule has 0 aliphatic heterocycles. The van der Waals surface area contributed by atoms with Crippen molar-refractivity contribution in [2.45, 2.75) is 6.92 Å². The third kappa shape index (κ3) is 38.2. The third-order valence-corrected chi connectivity index (χ3v) is 1.97. The van der Waals surface area contributed by atoms with Crippen LogP contribution in [0.4, 0.5) is 19.2 Å². The van der Waals surface area contributed by atoms with Gasteiger partial charge in [-0.1, -0.05) is 0 Å². The second kappa shape index (κ2) is 25.8. The van der Waals surface area contributed by atoms with Gasteiger partial charge in [0.05, 0.1) is 35.1 Å². The molecule has 0 radical (unpaired) electrons. The van der Waals surface area contributed by atoms with Crippen LogP contribution in [0.2, 0.25) is 0 Å². The van der Waals surface area contributed by atoms with Crippen LogP contribution in [0.3, 0.4) is 0 Å². The fourth-order valence-corrected chi connectivity index (χ4v) is 0.560. The van der Waals surface area contributed by atoms with E-state index in [1.54, 1.807) is 14.1 Å². The quantitative estimate of drug-likeness (QED) is 0.223. The largest absolute Gasteiger partial charge is 0.469 e. The minimum atomic E-state index is -0.610. The van der Waals surface area contributed by atoms with Crippen molar-refractivity contribution in [2.75, 3.05) is 56.3 Å². The average molecular weight is 413 g/mol. The van der Waals surface area contributed by atoms with Crippen LogP contribution in [0.5, 0.6) is 0 Å². The molecule has 14 heteroatoms. The summed E-state index contributed by atoms with van der Waals surface area (Å²) in [6.07, 6.45) is -1.63. The van der Waals surface area contributed by atoms with Gasteiger partial charge in [0.25, 0.3) is 0 Å². The summed E-state index contributed by atoms with van der Waals surface area (Å²) in [5, 5.41) is 11.4. The van der Waals surface area contributed by atoms with Gasteiger partial charge in [-0.25, -0.2) is 19.2 Å². The Kier molecular flexibility index (Phi) is 29.7. The maximum absolute atomic E-state index is 10.4. The molecule has 0 rings (SSSR count). The summed E-state index contributed by atoms with van der Waals surface area (Å²) in [4.78, 5) is 50.1. The molecule has 0 saturated heterocycles. The number of hydrogen-bond donors (Lipinski definition) is 5. The molecule has 166 valence electrons. The molecule has 0 bridgehead atoms. The van der Waals surface area contributed by atoms with Crippen LogP contribution in [0.15, 0.2) is 0 Å². The monoisotopic (exact) mass is 413 g/mol. The Labute approximate surface area is 164 Å². The molecule has 0 aliphatic carbocycles. The fourth-order valence-electron chi connectivity index (χ4n) is 0.560. The zero-order chi connectivity index (χ0) is 23.0. The lowest BCUT2D eigenvalue weighted by molar-refractivity contribution is -0.137. The average Bonchev–Trinajstić information content (AvgIpc) is 2.73. The van der Waals surface area contributed by atoms with Crippen molar-refractivity contribution in [3.05, 3.63) is 0 Å². The van der Waals surface area contributed by atoms with E-state index in [9.17, 15) is 24.0 Å². The molecule has 0 aromatic heterocycles. The van der Waals surface area contributed by atoms with Crippen molar-refractivity contribution in [1.82, 2.24) is 26.6 Å². The number of nitrogens with one attached hydrogen (secondary N) is 5. The van der Waals surface area contributed by atoms with Crippen LogP contribution in [0.1, 0.15) is 6.92 Å². The highest BCUT2D eigenvalue weighted by molar-refractivity contribution is 5.72. The van der Waals surface area contributed by atoms with E-state index in [1.807, 2.05) is 0 Å². The van der Waals surface area contributed by atoms with E-state index < -0.39 is 18.3 Å². The lowest BCUT2D eigenvalue weighted by atomic mass is 10.8. The van der Waals surface area contributed by atoms with Crippen molar-refractivity contribution in [3.63, 3.8) is 0 Å². The van der Waals surface area contributed by atoms with Crippen molar-refractivity contribution in [2.24, 2.45) is 0 Å². The van der Waals surface area contributed by atoms with Crippen molar-refractivity contribution < 1.29 is 42.9 Å². The number of methoxy groups -OCH3 is 4. The minimum absolute atomic E-state index is 0.0145. The topological polar surface area (TPSA) is 182 Å². The molecule has 5 amide bonds. The lowest BCUT2D eigenvalue weighted by Crippen LogP contribution is -2.36. The number of amides is 5. The van der Waals surface area contributed by atoms with Crippen LogP contribution >= 0.6 is 0 Å². The number of carbonyl (C=O) groups is 5. The van der Waals surface area contributed by atoms with Gasteiger partial charge >= 0.3 is 30.3 Å². The van der Waals surface area contributed by atoms with Crippen molar-refractivity contribution in [3.8, 4) is 0 Å². The van der Waals surface area contributed by atoms with E-state index in [1.165, 1.54) is 42.4 Å². The summed E-state index contributed by atoms with van der Waals surface area (Å²) in [7, 11) is 9.77. The summed E-state index contributed by atoms with van der Waals surface area (Å²) >= 11 is 0. The normalized spacial score (nSPS) is 7.43. The molecule has 5 N–H and O–H groups in total. The van der Waals surface area contributed by atoms with E-state index in [-0.39, 0.29) is 18.7 Å². The third-order valence-electron chi connectivity index (χ3n) is 1.97. The van der Waals surface area contributed by atoms with Crippen LogP contribution in [-0.4, -0.2) is 86.5 Å². The summed E-state index contributed by atoms with van der Waals surface area (Å²) in [6, 6.07) is -0.157. The van der Waals surface area contributed by atoms with E-state index in [0.717, 1.165) is 0 Å². The van der Waals surface area contributed by atoms with Gasteiger partial charge in [0.15, 0.2) is 0 Å². The Morgan fingerprint density at radius 1 is 0.607 bits per heavy atom. The predicted molar refractivity (Wildman–Crippen MR) is 98.6 cm³/mol. The Balaban J connectivity index is -0.000000146. The van der Waals surface area contributed by atoms with Gasteiger partial charge in [0, 0.05) is 28.1 Å². The summed E-state index contributed by atoms with van der Waals surface area (Å²) in [5.41, 5.74) is 0. The molecule has 0 unspecified atom stereocenters. The molecule has 0 aromatic rings. The molecule has 28 heavy (non-hydrogen) atoms. The molecule has 14 nitrogen and oxygen atoms in total. The Hall–Kier alpha value is -3.45. The SMILES string of the molecule is CNC(=O)NC.CNC(=O)OC.COC(=O)NCNC(=O)OC.COC(C)=O. The summed E-state index contributed by atoms with van der Waals surface area (Å²) in [5.74, 6) is -0.245. The standard InChI is InChI=1S/C5H10N2O4.C3H8N2O.C3H7NO2.C3H6O2/c1-10-4(8)6-3-7-5(9)11-2;1-4-3(6)5-2;1-4-3(5)6-2;1-3(4)5-2/h3H2,1-2H3,(H,6,8)(H,7,9);1-2H3,(H2,4,5,6);1-2H3,(H,4,5);1-2H3. The highest BCUT2D eigenvalue weighted by atomic mass is 16.5. The molecular formula is C14H31N5O9. The highest BCUT2D eigenvalue weighted by Crippen LogP contribution is 1.70. The number of carbonyl (C=O) groups excluding carboxylic acids is 5. The maximum Gasteiger partial charge on any atom is 0.408 e. The van der Waals surface area contributed by atoms with E-state index in [2.05, 4.69) is 45.5 Å². The van der Waals surface area contributed by atoms with E-state index in [0.29, 0.717) is 0 Å². The molecule has 0 fully saturated rings. The van der Waals surface area contributed by atoms with Crippen LogP contribution in [0, 0.1) is 0 Å². The molecule has 0 atom stereocenters. The smallest absolute Gasteiger partial charge is 0.408 e. The summed E-state index contributed by atoms with van der Waals surface area (Å²) < 4.78 is 16.7. The van der Waals surface area contributed by atoms with Crippen LogP contribution in [0.25, 0.3) is 0 Å². The summed E-state index contributed by atoms with van der Waals surface area (Å²) in [6.45, 7) is 1.35. The van der Waals surface area contributed by atoms with Gasteiger partial charge < -0.3 is 45.5 Å². The first-order valence-electron chi connectivity index (χ1n) is 7.43. The van der Waals surface area contributed by atoms with Crippen molar-refractivity contribution in [1.29, 1.82) is 0 Å². The number of rotatable bonds is 2. The molecular weight excluding hydrogens is 382 g/mol. The van der Waals surface area contributed by atoms with Gasteiger partial charge in [0.1, 0.15) is 0 Å². The van der Waals surface area contributed by atoms with E-state index >= 15 is 0 Å². The maximum atomic E-state index is 10.4. The molecule has 0 spiro atoms. The zero-order valence-corrected chi connectivity index (χ0v) is 17.4. The first-order chi connectivity index (χ1) is 13.1. The Morgan fingerprint density at radius 3 is 1.04 bits per heavy atom. The zero-order valence-electron chi connectivity index (χ0n) is 17.4. The molecule has 0 saturated carbocycles. The number of ether oxygens (including phenoxy) is 4. The number of esters is 1.